The molecule has 1 aliphatic heterocycles. The molecule has 0 N–H and O–H groups in total. The van der Waals surface area contributed by atoms with Gasteiger partial charge in [0.2, 0.25) is 0 Å². The Hall–Kier alpha value is -1.02. The smallest absolute Gasteiger partial charge is 0.0408 e. The highest BCUT2D eigenvalue weighted by Gasteiger charge is 2.42. The van der Waals surface area contributed by atoms with Crippen molar-refractivity contribution in [3.8, 4) is 0 Å². The topological polar surface area (TPSA) is 3.24 Å². The molecule has 3 heteroatoms. The van der Waals surface area contributed by atoms with Crippen molar-refractivity contribution < 1.29 is 0 Å². The van der Waals surface area contributed by atoms with Crippen molar-refractivity contribution in [1.29, 1.82) is 0 Å². The Bertz CT molecular complexity index is 727. The molecule has 0 aromatic heterocycles. The number of likely N-dealkylation sites (tertiary alicyclic amines) is 1. The second kappa shape index (κ2) is 6.12. The van der Waals surface area contributed by atoms with Crippen molar-refractivity contribution in [2.24, 2.45) is 5.92 Å². The summed E-state index contributed by atoms with van der Waals surface area (Å²) in [5.74, 6) is 1.37. The fourth-order valence-corrected chi connectivity index (χ4v) is 4.99. The maximum atomic E-state index is 6.18. The molecule has 1 heterocycles. The van der Waals surface area contributed by atoms with E-state index in [0.717, 1.165) is 35.3 Å². The zero-order chi connectivity index (χ0) is 16.0. The van der Waals surface area contributed by atoms with Crippen molar-refractivity contribution in [3.05, 3.63) is 69.2 Å². The Balaban J connectivity index is 1.61. The Morgan fingerprint density at radius 2 is 1.91 bits per heavy atom. The number of aryl methyl sites for hydroxylation is 1. The van der Waals surface area contributed by atoms with Crippen LogP contribution >= 0.6 is 23.2 Å². The molecule has 3 atom stereocenters. The molecule has 0 bridgehead atoms. The van der Waals surface area contributed by atoms with Gasteiger partial charge in [0, 0.05) is 28.5 Å². The third kappa shape index (κ3) is 2.91. The molecule has 1 nitrogen and oxygen atoms in total. The molecule has 2 aliphatic rings. The predicted octanol–water partition coefficient (Wildman–Crippen LogP) is 5.20. The minimum atomic E-state index is 0.599. The molecule has 4 rings (SSSR count). The number of rotatable bonds is 2. The average Bonchev–Trinajstić information content (AvgIpc) is 2.83. The first-order valence-corrected chi connectivity index (χ1v) is 9.10. The lowest BCUT2D eigenvalue weighted by Crippen LogP contribution is -2.32. The third-order valence-electron chi connectivity index (χ3n) is 5.65. The highest BCUT2D eigenvalue weighted by molar-refractivity contribution is 6.30. The van der Waals surface area contributed by atoms with Gasteiger partial charge in [0.15, 0.2) is 0 Å². The second-order valence-corrected chi connectivity index (χ2v) is 7.87. The molecule has 0 spiro atoms. The van der Waals surface area contributed by atoms with Crippen LogP contribution in [0.15, 0.2) is 42.5 Å². The summed E-state index contributed by atoms with van der Waals surface area (Å²) in [6.07, 6.45) is 3.49. The van der Waals surface area contributed by atoms with Crippen LogP contribution in [0.5, 0.6) is 0 Å². The number of benzene rings is 2. The molecule has 1 saturated heterocycles. The van der Waals surface area contributed by atoms with Gasteiger partial charge in [-0.3, -0.25) is 0 Å². The minimum Gasteiger partial charge on any atom is -0.302 e. The maximum absolute atomic E-state index is 6.18. The lowest BCUT2D eigenvalue weighted by Gasteiger charge is -2.31. The van der Waals surface area contributed by atoms with Crippen LogP contribution in [0.1, 0.15) is 29.0 Å². The van der Waals surface area contributed by atoms with Crippen molar-refractivity contribution >= 4 is 23.2 Å². The first-order valence-electron chi connectivity index (χ1n) is 8.35. The van der Waals surface area contributed by atoms with E-state index < -0.39 is 0 Å². The molecular weight excluding hydrogens is 325 g/mol. The van der Waals surface area contributed by atoms with E-state index in [9.17, 15) is 0 Å². The van der Waals surface area contributed by atoms with Crippen LogP contribution in [0.2, 0.25) is 10.0 Å². The van der Waals surface area contributed by atoms with Crippen LogP contribution < -0.4 is 0 Å². The van der Waals surface area contributed by atoms with Crippen molar-refractivity contribution in [2.75, 3.05) is 13.6 Å². The van der Waals surface area contributed by atoms with Gasteiger partial charge in [-0.1, -0.05) is 41.4 Å². The molecule has 0 saturated carbocycles. The van der Waals surface area contributed by atoms with Crippen molar-refractivity contribution in [1.82, 2.24) is 4.90 Å². The molecule has 0 radical (unpaired) electrons. The Morgan fingerprint density at radius 1 is 1.09 bits per heavy atom. The van der Waals surface area contributed by atoms with Gasteiger partial charge in [-0.05, 0) is 73.2 Å². The molecule has 1 fully saturated rings. The normalized spacial score (nSPS) is 26.8. The zero-order valence-corrected chi connectivity index (χ0v) is 14.8. The zero-order valence-electron chi connectivity index (χ0n) is 13.3. The van der Waals surface area contributed by atoms with Gasteiger partial charge in [-0.2, -0.15) is 0 Å². The Kier molecular flexibility index (Phi) is 4.13. The van der Waals surface area contributed by atoms with Gasteiger partial charge in [0.05, 0.1) is 0 Å². The van der Waals surface area contributed by atoms with E-state index >= 15 is 0 Å². The van der Waals surface area contributed by atoms with E-state index in [0.29, 0.717) is 12.0 Å². The van der Waals surface area contributed by atoms with E-state index in [-0.39, 0.29) is 0 Å². The molecule has 2 aromatic carbocycles. The minimum absolute atomic E-state index is 0.599. The lowest BCUT2D eigenvalue weighted by atomic mass is 9.73. The number of likely N-dealkylation sites (N-methyl/N-ethyl adjacent to an activating group) is 1. The van der Waals surface area contributed by atoms with Gasteiger partial charge in [-0.15, -0.1) is 0 Å². The van der Waals surface area contributed by atoms with Crippen molar-refractivity contribution in [3.63, 3.8) is 0 Å². The number of hydrogen-bond acceptors (Lipinski definition) is 1. The van der Waals surface area contributed by atoms with Crippen LogP contribution in [0.25, 0.3) is 0 Å². The van der Waals surface area contributed by atoms with Gasteiger partial charge in [-0.25, -0.2) is 0 Å². The summed E-state index contributed by atoms with van der Waals surface area (Å²) in [5, 5.41) is 1.70. The fourth-order valence-electron chi connectivity index (χ4n) is 4.59. The number of hydrogen-bond donors (Lipinski definition) is 0. The van der Waals surface area contributed by atoms with Gasteiger partial charge in [0.25, 0.3) is 0 Å². The predicted molar refractivity (Wildman–Crippen MR) is 97.6 cm³/mol. The van der Waals surface area contributed by atoms with Gasteiger partial charge < -0.3 is 4.90 Å². The first-order chi connectivity index (χ1) is 11.1. The third-order valence-corrected chi connectivity index (χ3v) is 6.12. The molecule has 0 amide bonds. The Labute approximate surface area is 148 Å². The van der Waals surface area contributed by atoms with Crippen LogP contribution in [0, 0.1) is 5.92 Å². The van der Waals surface area contributed by atoms with Gasteiger partial charge in [0.1, 0.15) is 0 Å². The molecular formula is C20H21Cl2N. The van der Waals surface area contributed by atoms with Crippen molar-refractivity contribution in [2.45, 2.75) is 31.2 Å². The number of fused-ring (bicyclic) bond motifs is 3. The van der Waals surface area contributed by atoms with Crippen LogP contribution in [-0.4, -0.2) is 24.5 Å². The van der Waals surface area contributed by atoms with E-state index in [1.54, 1.807) is 0 Å². The van der Waals surface area contributed by atoms with Crippen LogP contribution in [0.3, 0.4) is 0 Å². The Morgan fingerprint density at radius 3 is 2.74 bits per heavy atom. The SMILES string of the molecule is CN1CC2c3ccc(Cl)cc3CCC2C1Cc1cccc(Cl)c1. The molecule has 3 unspecified atom stereocenters. The summed E-state index contributed by atoms with van der Waals surface area (Å²) in [6.45, 7) is 1.14. The highest BCUT2D eigenvalue weighted by Crippen LogP contribution is 2.45. The molecule has 2 aromatic rings. The number of halogens is 2. The van der Waals surface area contributed by atoms with E-state index in [1.165, 1.54) is 23.1 Å². The number of nitrogens with zero attached hydrogens (tertiary/aromatic N) is 1. The van der Waals surface area contributed by atoms with E-state index in [4.69, 9.17) is 23.2 Å². The van der Waals surface area contributed by atoms with E-state index in [1.807, 2.05) is 12.1 Å². The van der Waals surface area contributed by atoms with Crippen LogP contribution in [0.4, 0.5) is 0 Å². The van der Waals surface area contributed by atoms with Gasteiger partial charge >= 0.3 is 0 Å². The lowest BCUT2D eigenvalue weighted by molar-refractivity contribution is 0.259. The molecule has 120 valence electrons. The van der Waals surface area contributed by atoms with Crippen LogP contribution in [-0.2, 0) is 12.8 Å². The summed E-state index contributed by atoms with van der Waals surface area (Å²) in [7, 11) is 2.27. The second-order valence-electron chi connectivity index (χ2n) is 6.99. The quantitative estimate of drug-likeness (QED) is 0.723. The van der Waals surface area contributed by atoms with E-state index in [2.05, 4.69) is 42.3 Å². The summed E-state index contributed by atoms with van der Waals surface area (Å²) in [6, 6.07) is 15.4. The molecule has 1 aliphatic carbocycles. The fraction of sp³-hybridized carbons (Fsp3) is 0.400. The summed E-state index contributed by atoms with van der Waals surface area (Å²) >= 11 is 12.3. The first kappa shape index (κ1) is 15.5. The monoisotopic (exact) mass is 345 g/mol. The summed E-state index contributed by atoms with van der Waals surface area (Å²) in [4.78, 5) is 2.54. The average molecular weight is 346 g/mol. The molecule has 23 heavy (non-hydrogen) atoms. The maximum Gasteiger partial charge on any atom is 0.0408 e. The summed E-state index contributed by atoms with van der Waals surface area (Å²) in [5.41, 5.74) is 4.32. The summed E-state index contributed by atoms with van der Waals surface area (Å²) < 4.78 is 0. The standard InChI is InChI=1S/C20H21Cl2N/c1-23-12-19-17-8-6-16(22)11-14(17)5-7-18(19)20(23)10-13-3-2-4-15(21)9-13/h2-4,6,8-9,11,18-20H,5,7,10,12H2,1H3. The highest BCUT2D eigenvalue weighted by atomic mass is 35.5. The largest absolute Gasteiger partial charge is 0.302 e.